The molecule has 136 valence electrons. The molecular formula is C27H28. The van der Waals surface area contributed by atoms with Crippen molar-refractivity contribution in [3.8, 4) is 0 Å². The Morgan fingerprint density at radius 2 is 1.48 bits per heavy atom. The number of rotatable bonds is 4. The molecule has 0 nitrogen and oxygen atoms in total. The molecule has 0 radical (unpaired) electrons. The highest BCUT2D eigenvalue weighted by Crippen LogP contribution is 2.41. The van der Waals surface area contributed by atoms with Crippen molar-refractivity contribution >= 4 is 10.8 Å². The zero-order valence-electron chi connectivity index (χ0n) is 16.5. The molecular weight excluding hydrogens is 324 g/mol. The average molecular weight is 353 g/mol. The van der Waals surface area contributed by atoms with E-state index in [1.165, 1.54) is 33.0 Å². The van der Waals surface area contributed by atoms with Crippen LogP contribution in [0.5, 0.6) is 0 Å². The van der Waals surface area contributed by atoms with Gasteiger partial charge in [0.2, 0.25) is 0 Å². The van der Waals surface area contributed by atoms with Crippen molar-refractivity contribution in [3.63, 3.8) is 0 Å². The quantitative estimate of drug-likeness (QED) is 0.455. The first kappa shape index (κ1) is 17.8. The number of benzene rings is 3. The molecule has 1 aliphatic carbocycles. The third-order valence-corrected chi connectivity index (χ3v) is 5.79. The van der Waals surface area contributed by atoms with Gasteiger partial charge in [0.25, 0.3) is 0 Å². The largest absolute Gasteiger partial charge is 0.0839 e. The van der Waals surface area contributed by atoms with E-state index in [1.54, 1.807) is 0 Å². The second-order valence-electron chi connectivity index (χ2n) is 8.08. The van der Waals surface area contributed by atoms with Gasteiger partial charge in [0, 0.05) is 5.92 Å². The van der Waals surface area contributed by atoms with Crippen LogP contribution in [0, 0.1) is 12.8 Å². The molecule has 0 heterocycles. The molecule has 4 rings (SSSR count). The fraction of sp³-hybridized carbons (Fsp3) is 0.259. The molecule has 0 amide bonds. The van der Waals surface area contributed by atoms with E-state index in [2.05, 4.69) is 106 Å². The number of aryl methyl sites for hydroxylation is 1. The summed E-state index contributed by atoms with van der Waals surface area (Å²) in [5, 5.41) is 2.68. The molecule has 0 saturated heterocycles. The molecule has 0 spiro atoms. The van der Waals surface area contributed by atoms with Crippen LogP contribution in [0.3, 0.4) is 0 Å². The molecule has 0 aliphatic heterocycles. The van der Waals surface area contributed by atoms with Crippen molar-refractivity contribution in [2.24, 2.45) is 5.92 Å². The van der Waals surface area contributed by atoms with Gasteiger partial charge in [0.1, 0.15) is 0 Å². The van der Waals surface area contributed by atoms with Crippen LogP contribution in [0.2, 0.25) is 0 Å². The van der Waals surface area contributed by atoms with Gasteiger partial charge in [0.15, 0.2) is 0 Å². The smallest absolute Gasteiger partial charge is 0.0158 e. The van der Waals surface area contributed by atoms with Gasteiger partial charge in [-0.15, -0.1) is 0 Å². The number of hydrogen-bond donors (Lipinski definition) is 0. The van der Waals surface area contributed by atoms with Crippen molar-refractivity contribution in [3.05, 3.63) is 107 Å². The molecule has 0 fully saturated rings. The van der Waals surface area contributed by atoms with Gasteiger partial charge in [-0.2, -0.15) is 0 Å². The monoisotopic (exact) mass is 352 g/mol. The lowest BCUT2D eigenvalue weighted by Crippen LogP contribution is -2.16. The highest BCUT2D eigenvalue weighted by molar-refractivity contribution is 5.84. The van der Waals surface area contributed by atoms with Gasteiger partial charge in [-0.05, 0) is 52.6 Å². The van der Waals surface area contributed by atoms with Crippen LogP contribution in [0.4, 0.5) is 0 Å². The van der Waals surface area contributed by atoms with E-state index in [4.69, 9.17) is 0 Å². The van der Waals surface area contributed by atoms with Crippen LogP contribution in [0.15, 0.2) is 85.0 Å². The summed E-state index contributed by atoms with van der Waals surface area (Å²) in [7, 11) is 0. The lowest BCUT2D eigenvalue weighted by atomic mass is 9.74. The van der Waals surface area contributed by atoms with Crippen LogP contribution in [-0.4, -0.2) is 0 Å². The van der Waals surface area contributed by atoms with E-state index in [9.17, 15) is 0 Å². The summed E-state index contributed by atoms with van der Waals surface area (Å²) in [5.74, 6) is 1.38. The first-order valence-corrected chi connectivity index (χ1v) is 10.1. The molecule has 0 heteroatoms. The zero-order valence-corrected chi connectivity index (χ0v) is 16.5. The number of allylic oxidation sites excluding steroid dienone is 4. The van der Waals surface area contributed by atoms with Crippen molar-refractivity contribution in [1.82, 2.24) is 0 Å². The van der Waals surface area contributed by atoms with Gasteiger partial charge in [-0.3, -0.25) is 0 Å². The topological polar surface area (TPSA) is 0 Å². The normalized spacial score (nSPS) is 17.6. The van der Waals surface area contributed by atoms with Crippen molar-refractivity contribution < 1.29 is 0 Å². The molecule has 0 bridgehead atoms. The Hall–Kier alpha value is -2.60. The summed E-state index contributed by atoms with van der Waals surface area (Å²) in [6, 6.07) is 22.8. The average Bonchev–Trinajstić information content (AvgIpc) is 2.70. The maximum absolute atomic E-state index is 2.45. The van der Waals surface area contributed by atoms with Crippen LogP contribution < -0.4 is 0 Å². The highest BCUT2D eigenvalue weighted by Gasteiger charge is 2.26. The number of hydrogen-bond acceptors (Lipinski definition) is 0. The molecule has 3 aromatic rings. The predicted molar refractivity (Wildman–Crippen MR) is 117 cm³/mol. The summed E-state index contributed by atoms with van der Waals surface area (Å²) in [6.45, 7) is 6.80. The molecule has 0 N–H and O–H groups in total. The molecule has 0 aromatic heterocycles. The fourth-order valence-corrected chi connectivity index (χ4v) is 4.32. The first-order chi connectivity index (χ1) is 13.1. The summed E-state index contributed by atoms with van der Waals surface area (Å²) >= 11 is 0. The molecule has 1 aliphatic rings. The minimum Gasteiger partial charge on any atom is -0.0839 e. The Morgan fingerprint density at radius 1 is 0.815 bits per heavy atom. The van der Waals surface area contributed by atoms with Gasteiger partial charge in [0.05, 0.1) is 0 Å². The predicted octanol–water partition coefficient (Wildman–Crippen LogP) is 7.54. The van der Waals surface area contributed by atoms with E-state index >= 15 is 0 Å². The minimum absolute atomic E-state index is 0.383. The van der Waals surface area contributed by atoms with E-state index in [1.807, 2.05) is 0 Å². The second-order valence-corrected chi connectivity index (χ2v) is 8.08. The van der Waals surface area contributed by atoms with E-state index in [0.717, 1.165) is 6.42 Å². The van der Waals surface area contributed by atoms with Crippen molar-refractivity contribution in [2.75, 3.05) is 0 Å². The Morgan fingerprint density at radius 3 is 2.07 bits per heavy atom. The summed E-state index contributed by atoms with van der Waals surface area (Å²) in [6.07, 6.45) is 10.2. The van der Waals surface area contributed by atoms with E-state index in [0.29, 0.717) is 17.8 Å². The summed E-state index contributed by atoms with van der Waals surface area (Å²) in [4.78, 5) is 0. The highest BCUT2D eigenvalue weighted by atomic mass is 14.3. The Kier molecular flexibility index (Phi) is 4.99. The SMILES string of the molecule is Cc1ccc(C(c2cc3ccccc3cc2C(C)C)C2C=CC=CC2)cc1. The van der Waals surface area contributed by atoms with Crippen LogP contribution in [0.1, 0.15) is 54.4 Å². The van der Waals surface area contributed by atoms with Gasteiger partial charge >= 0.3 is 0 Å². The molecule has 2 unspecified atom stereocenters. The lowest BCUT2D eigenvalue weighted by molar-refractivity contribution is 0.566. The van der Waals surface area contributed by atoms with Gasteiger partial charge < -0.3 is 0 Å². The molecule has 2 atom stereocenters. The van der Waals surface area contributed by atoms with E-state index in [-0.39, 0.29) is 0 Å². The fourth-order valence-electron chi connectivity index (χ4n) is 4.32. The molecule has 3 aromatic carbocycles. The van der Waals surface area contributed by atoms with E-state index < -0.39 is 0 Å². The van der Waals surface area contributed by atoms with Gasteiger partial charge in [-0.25, -0.2) is 0 Å². The maximum atomic E-state index is 2.45. The Labute approximate surface area is 163 Å². The lowest BCUT2D eigenvalue weighted by Gasteiger charge is -2.30. The molecule has 0 saturated carbocycles. The Bertz CT molecular complexity index is 986. The maximum Gasteiger partial charge on any atom is 0.0158 e. The van der Waals surface area contributed by atoms with Crippen LogP contribution >= 0.6 is 0 Å². The van der Waals surface area contributed by atoms with Crippen LogP contribution in [0.25, 0.3) is 10.8 Å². The summed E-state index contributed by atoms with van der Waals surface area (Å²) < 4.78 is 0. The van der Waals surface area contributed by atoms with Crippen LogP contribution in [-0.2, 0) is 0 Å². The number of fused-ring (bicyclic) bond motifs is 1. The first-order valence-electron chi connectivity index (χ1n) is 10.1. The second kappa shape index (κ2) is 7.56. The van der Waals surface area contributed by atoms with Gasteiger partial charge in [-0.1, -0.05) is 104 Å². The third kappa shape index (κ3) is 3.62. The standard InChI is InChI=1S/C27H28/c1-19(2)25-17-23-11-7-8-12-24(23)18-26(25)27(21-9-5-4-6-10-21)22-15-13-20(3)14-16-22/h4-9,11-19,21,27H,10H2,1-3H3. The third-order valence-electron chi connectivity index (χ3n) is 5.79. The Balaban J connectivity index is 1.93. The van der Waals surface area contributed by atoms with Crippen molar-refractivity contribution in [2.45, 2.75) is 39.0 Å². The van der Waals surface area contributed by atoms with Crippen molar-refractivity contribution in [1.29, 1.82) is 0 Å². The zero-order chi connectivity index (χ0) is 18.8. The minimum atomic E-state index is 0.383. The molecule has 27 heavy (non-hydrogen) atoms. The summed E-state index contributed by atoms with van der Waals surface area (Å²) in [5.41, 5.74) is 5.70.